The zero-order valence-electron chi connectivity index (χ0n) is 14.3. The number of aromatic nitrogens is 3. The monoisotopic (exact) mass is 349 g/mol. The van der Waals surface area contributed by atoms with Gasteiger partial charge < -0.3 is 15.4 Å². The molecule has 0 saturated carbocycles. The summed E-state index contributed by atoms with van der Waals surface area (Å²) in [4.78, 5) is 24.6. The quantitative estimate of drug-likeness (QED) is 0.681. The SMILES string of the molecule is COc1ccc(CNc2ncc(C(=O)NCc3ccccn3)cn2)cc1. The van der Waals surface area contributed by atoms with Gasteiger partial charge in [-0.1, -0.05) is 18.2 Å². The topological polar surface area (TPSA) is 89.0 Å². The summed E-state index contributed by atoms with van der Waals surface area (Å²) in [5, 5.41) is 5.91. The van der Waals surface area contributed by atoms with Crippen molar-refractivity contribution in [2.75, 3.05) is 12.4 Å². The van der Waals surface area contributed by atoms with Crippen molar-refractivity contribution in [2.45, 2.75) is 13.1 Å². The van der Waals surface area contributed by atoms with Crippen molar-refractivity contribution in [3.63, 3.8) is 0 Å². The normalized spacial score (nSPS) is 10.2. The molecule has 0 aliphatic carbocycles. The first kappa shape index (κ1) is 17.3. The third-order valence-electron chi connectivity index (χ3n) is 3.68. The molecule has 26 heavy (non-hydrogen) atoms. The van der Waals surface area contributed by atoms with Gasteiger partial charge in [0.2, 0.25) is 5.95 Å². The minimum absolute atomic E-state index is 0.239. The molecule has 2 N–H and O–H groups in total. The number of rotatable bonds is 7. The minimum atomic E-state index is -0.239. The van der Waals surface area contributed by atoms with Gasteiger partial charge in [-0.15, -0.1) is 0 Å². The Morgan fingerprint density at radius 3 is 2.42 bits per heavy atom. The molecular weight excluding hydrogens is 330 g/mol. The fourth-order valence-electron chi connectivity index (χ4n) is 2.24. The number of benzene rings is 1. The Morgan fingerprint density at radius 1 is 1.00 bits per heavy atom. The number of nitrogens with one attached hydrogen (secondary N) is 2. The fourth-order valence-corrected chi connectivity index (χ4v) is 2.24. The Balaban J connectivity index is 1.51. The lowest BCUT2D eigenvalue weighted by Crippen LogP contribution is -2.23. The second kappa shape index (κ2) is 8.57. The van der Waals surface area contributed by atoms with Crippen molar-refractivity contribution >= 4 is 11.9 Å². The van der Waals surface area contributed by atoms with Crippen LogP contribution in [-0.4, -0.2) is 28.0 Å². The summed E-state index contributed by atoms with van der Waals surface area (Å²) in [6, 6.07) is 13.3. The maximum absolute atomic E-state index is 12.1. The Kier molecular flexibility index (Phi) is 5.72. The number of hydrogen-bond acceptors (Lipinski definition) is 6. The molecule has 3 aromatic rings. The van der Waals surface area contributed by atoms with Crippen LogP contribution in [0, 0.1) is 0 Å². The van der Waals surface area contributed by atoms with E-state index in [0.29, 0.717) is 24.6 Å². The van der Waals surface area contributed by atoms with Crippen molar-refractivity contribution in [3.05, 3.63) is 77.9 Å². The maximum atomic E-state index is 12.1. The number of hydrogen-bond donors (Lipinski definition) is 2. The van der Waals surface area contributed by atoms with Gasteiger partial charge in [0.25, 0.3) is 5.91 Å². The maximum Gasteiger partial charge on any atom is 0.254 e. The summed E-state index contributed by atoms with van der Waals surface area (Å²) < 4.78 is 5.13. The summed E-state index contributed by atoms with van der Waals surface area (Å²) in [5.74, 6) is 1.03. The van der Waals surface area contributed by atoms with Crippen molar-refractivity contribution < 1.29 is 9.53 Å². The molecule has 1 aromatic carbocycles. The highest BCUT2D eigenvalue weighted by Gasteiger charge is 2.07. The predicted octanol–water partition coefficient (Wildman–Crippen LogP) is 2.42. The Hall–Kier alpha value is -3.48. The molecule has 0 radical (unpaired) electrons. The molecule has 0 spiro atoms. The minimum Gasteiger partial charge on any atom is -0.497 e. The molecule has 0 bridgehead atoms. The smallest absolute Gasteiger partial charge is 0.254 e. The molecule has 132 valence electrons. The lowest BCUT2D eigenvalue weighted by atomic mass is 10.2. The predicted molar refractivity (Wildman–Crippen MR) is 97.8 cm³/mol. The number of amides is 1. The van der Waals surface area contributed by atoms with Gasteiger partial charge in [0, 0.05) is 25.1 Å². The van der Waals surface area contributed by atoms with E-state index in [0.717, 1.165) is 17.0 Å². The van der Waals surface area contributed by atoms with Crippen molar-refractivity contribution in [2.24, 2.45) is 0 Å². The van der Waals surface area contributed by atoms with Gasteiger partial charge in [0.05, 0.1) is 24.9 Å². The first-order valence-electron chi connectivity index (χ1n) is 8.11. The van der Waals surface area contributed by atoms with Gasteiger partial charge in [-0.3, -0.25) is 9.78 Å². The van der Waals surface area contributed by atoms with Crippen LogP contribution in [0.4, 0.5) is 5.95 Å². The molecular formula is C19H19N5O2. The van der Waals surface area contributed by atoms with Crippen LogP contribution in [0.5, 0.6) is 5.75 Å². The molecule has 0 fully saturated rings. The number of anilines is 1. The van der Waals surface area contributed by atoms with E-state index in [1.54, 1.807) is 13.3 Å². The number of methoxy groups -OCH3 is 1. The van der Waals surface area contributed by atoms with Gasteiger partial charge in [-0.2, -0.15) is 0 Å². The average Bonchev–Trinajstić information content (AvgIpc) is 2.72. The van der Waals surface area contributed by atoms with Gasteiger partial charge in [0.15, 0.2) is 0 Å². The molecule has 0 atom stereocenters. The van der Waals surface area contributed by atoms with Crippen LogP contribution >= 0.6 is 0 Å². The number of carbonyl (C=O) groups excluding carboxylic acids is 1. The second-order valence-corrected chi connectivity index (χ2v) is 5.50. The molecule has 0 saturated heterocycles. The molecule has 3 rings (SSSR count). The zero-order valence-corrected chi connectivity index (χ0v) is 14.3. The summed E-state index contributed by atoms with van der Waals surface area (Å²) in [6.07, 6.45) is 4.68. The van der Waals surface area contributed by atoms with Gasteiger partial charge >= 0.3 is 0 Å². The summed E-state index contributed by atoms with van der Waals surface area (Å²) in [7, 11) is 1.63. The summed E-state index contributed by atoms with van der Waals surface area (Å²) in [5.41, 5.74) is 2.27. The average molecular weight is 349 g/mol. The third kappa shape index (κ3) is 4.76. The zero-order chi connectivity index (χ0) is 18.2. The van der Waals surface area contributed by atoms with Gasteiger partial charge in [-0.05, 0) is 29.8 Å². The number of pyridine rings is 1. The fraction of sp³-hybridized carbons (Fsp3) is 0.158. The molecule has 1 amide bonds. The van der Waals surface area contributed by atoms with E-state index in [-0.39, 0.29) is 5.91 Å². The standard InChI is InChI=1S/C19H19N5O2/c1-26-17-7-5-14(6-8-17)10-22-19-23-11-15(12-24-19)18(25)21-13-16-4-2-3-9-20-16/h2-9,11-12H,10,13H2,1H3,(H,21,25)(H,22,23,24). The summed E-state index contributed by atoms with van der Waals surface area (Å²) >= 11 is 0. The van der Waals surface area contributed by atoms with E-state index in [1.807, 2.05) is 42.5 Å². The van der Waals surface area contributed by atoms with E-state index in [9.17, 15) is 4.79 Å². The van der Waals surface area contributed by atoms with Crippen LogP contribution in [0.25, 0.3) is 0 Å². The molecule has 0 aliphatic rings. The largest absolute Gasteiger partial charge is 0.497 e. The lowest BCUT2D eigenvalue weighted by Gasteiger charge is -2.07. The molecule has 7 heteroatoms. The van der Waals surface area contributed by atoms with Crippen molar-refractivity contribution in [1.29, 1.82) is 0 Å². The van der Waals surface area contributed by atoms with Crippen LogP contribution in [0.15, 0.2) is 61.1 Å². The van der Waals surface area contributed by atoms with Crippen molar-refractivity contribution in [1.82, 2.24) is 20.3 Å². The van der Waals surface area contributed by atoms with Crippen LogP contribution in [0.1, 0.15) is 21.6 Å². The number of nitrogens with zero attached hydrogens (tertiary/aromatic N) is 3. The second-order valence-electron chi connectivity index (χ2n) is 5.50. The van der Waals surface area contributed by atoms with E-state index < -0.39 is 0 Å². The van der Waals surface area contributed by atoms with Crippen LogP contribution in [-0.2, 0) is 13.1 Å². The van der Waals surface area contributed by atoms with E-state index in [1.165, 1.54) is 12.4 Å². The first-order chi connectivity index (χ1) is 12.7. The molecule has 0 aliphatic heterocycles. The number of carbonyl (C=O) groups is 1. The summed E-state index contributed by atoms with van der Waals surface area (Å²) in [6.45, 7) is 0.937. The van der Waals surface area contributed by atoms with E-state index in [2.05, 4.69) is 25.6 Å². The van der Waals surface area contributed by atoms with E-state index in [4.69, 9.17) is 4.74 Å². The Morgan fingerprint density at radius 2 is 1.77 bits per heavy atom. The first-order valence-corrected chi connectivity index (χ1v) is 8.11. The third-order valence-corrected chi connectivity index (χ3v) is 3.68. The van der Waals surface area contributed by atoms with Gasteiger partial charge in [0.1, 0.15) is 5.75 Å². The molecule has 2 heterocycles. The van der Waals surface area contributed by atoms with Crippen molar-refractivity contribution in [3.8, 4) is 5.75 Å². The van der Waals surface area contributed by atoms with Crippen LogP contribution in [0.3, 0.4) is 0 Å². The highest BCUT2D eigenvalue weighted by molar-refractivity contribution is 5.93. The van der Waals surface area contributed by atoms with Crippen LogP contribution in [0.2, 0.25) is 0 Å². The Labute approximate surface area is 151 Å². The highest BCUT2D eigenvalue weighted by atomic mass is 16.5. The highest BCUT2D eigenvalue weighted by Crippen LogP contribution is 2.12. The molecule has 0 unspecified atom stereocenters. The van der Waals surface area contributed by atoms with Gasteiger partial charge in [-0.25, -0.2) is 9.97 Å². The van der Waals surface area contributed by atoms with E-state index >= 15 is 0 Å². The molecule has 2 aromatic heterocycles. The lowest BCUT2D eigenvalue weighted by molar-refractivity contribution is 0.0949. The molecule has 7 nitrogen and oxygen atoms in total. The van der Waals surface area contributed by atoms with Crippen LogP contribution < -0.4 is 15.4 Å². The Bertz CT molecular complexity index is 836. The number of ether oxygens (including phenoxy) is 1.